The number of alkyl carbamates (subject to hydrolysis) is 1. The van der Waals surface area contributed by atoms with Crippen molar-refractivity contribution in [2.24, 2.45) is 16.8 Å². The summed E-state index contributed by atoms with van der Waals surface area (Å²) in [6.45, 7) is 4.78. The van der Waals surface area contributed by atoms with Crippen molar-refractivity contribution < 1.29 is 24.3 Å². The monoisotopic (exact) mass is 287 g/mol. The summed E-state index contributed by atoms with van der Waals surface area (Å²) in [6, 6.07) is 0. The molecule has 1 amide bonds. The topological polar surface area (TPSA) is 123 Å². The van der Waals surface area contributed by atoms with Crippen LogP contribution in [0.2, 0.25) is 0 Å². The fraction of sp³-hybridized carbons (Fsp3) is 0.750. The van der Waals surface area contributed by atoms with Gasteiger partial charge in [0, 0.05) is 5.92 Å². The summed E-state index contributed by atoms with van der Waals surface area (Å²) in [5, 5.41) is 15.2. The summed E-state index contributed by atoms with van der Waals surface area (Å²) >= 11 is 0. The van der Waals surface area contributed by atoms with Crippen LogP contribution in [0.5, 0.6) is 0 Å². The normalized spacial score (nSPS) is 17.3. The zero-order valence-electron chi connectivity index (χ0n) is 11.9. The molecule has 1 unspecified atom stereocenters. The molecule has 0 aromatic rings. The average molecular weight is 287 g/mol. The first-order valence-corrected chi connectivity index (χ1v) is 6.38. The maximum Gasteiger partial charge on any atom is 0.407 e. The first-order chi connectivity index (χ1) is 9.19. The molecule has 1 aliphatic carbocycles. The van der Waals surface area contributed by atoms with Crippen molar-refractivity contribution in [3.8, 4) is 0 Å². The van der Waals surface area contributed by atoms with Crippen molar-refractivity contribution in [1.29, 1.82) is 0 Å². The van der Waals surface area contributed by atoms with Crippen LogP contribution < -0.4 is 11.1 Å². The van der Waals surface area contributed by atoms with Crippen molar-refractivity contribution >= 4 is 17.9 Å². The molecule has 1 fully saturated rings. The number of aliphatic hydroxyl groups is 1. The van der Waals surface area contributed by atoms with Crippen LogP contribution in [0.3, 0.4) is 0 Å². The predicted octanol–water partition coefficient (Wildman–Crippen LogP) is 0.0974. The number of carbonyl (C=O) groups excluding carboxylic acids is 2. The van der Waals surface area contributed by atoms with Gasteiger partial charge in [0.05, 0.1) is 6.54 Å². The number of ether oxygens (including phenoxy) is 1. The molecule has 4 N–H and O–H groups in total. The number of nitrogens with one attached hydrogen (secondary N) is 1. The van der Waals surface area contributed by atoms with E-state index in [1.807, 2.05) is 0 Å². The van der Waals surface area contributed by atoms with Crippen LogP contribution in [0.25, 0.3) is 0 Å². The fourth-order valence-electron chi connectivity index (χ4n) is 1.19. The van der Waals surface area contributed by atoms with Gasteiger partial charge in [-0.15, -0.1) is 0 Å². The van der Waals surface area contributed by atoms with Crippen LogP contribution >= 0.6 is 0 Å². The van der Waals surface area contributed by atoms with E-state index in [2.05, 4.69) is 15.3 Å². The number of amides is 1. The van der Waals surface area contributed by atoms with Gasteiger partial charge in [0.2, 0.25) is 0 Å². The maximum atomic E-state index is 11.4. The second kappa shape index (κ2) is 6.56. The summed E-state index contributed by atoms with van der Waals surface area (Å²) in [5.74, 6) is -0.574. The Morgan fingerprint density at radius 3 is 2.55 bits per heavy atom. The Bertz CT molecular complexity index is 398. The van der Waals surface area contributed by atoms with Gasteiger partial charge in [-0.05, 0) is 33.6 Å². The number of rotatable bonds is 5. The molecule has 0 aromatic carbocycles. The lowest BCUT2D eigenvalue weighted by molar-refractivity contribution is -0.153. The van der Waals surface area contributed by atoms with Crippen LogP contribution in [0.1, 0.15) is 33.6 Å². The molecule has 0 heterocycles. The standard InChI is InChI=1S/C12H21N3O5/c1-12(2,3)19-11(18)14-6-8(16)10(17)20-15-9(13)7-4-5-7/h7-8,16H,4-6H2,1-3H3,(H2,13,15)(H,14,18). The van der Waals surface area contributed by atoms with E-state index in [0.717, 1.165) is 12.8 Å². The highest BCUT2D eigenvalue weighted by Crippen LogP contribution is 2.28. The SMILES string of the molecule is CC(C)(C)OC(=O)NCC(O)C(=O)O/N=C(\N)C1CC1. The molecule has 1 rings (SSSR count). The van der Waals surface area contributed by atoms with Gasteiger partial charge >= 0.3 is 12.1 Å². The molecule has 0 aromatic heterocycles. The molecule has 0 saturated heterocycles. The summed E-state index contributed by atoms with van der Waals surface area (Å²) < 4.78 is 4.94. The van der Waals surface area contributed by atoms with E-state index in [0.29, 0.717) is 0 Å². The molecule has 0 radical (unpaired) electrons. The highest BCUT2D eigenvalue weighted by Gasteiger charge is 2.27. The minimum Gasteiger partial charge on any atom is -0.444 e. The third-order valence-corrected chi connectivity index (χ3v) is 2.35. The van der Waals surface area contributed by atoms with Gasteiger partial charge in [0.1, 0.15) is 11.4 Å². The summed E-state index contributed by atoms with van der Waals surface area (Å²) in [6.07, 6.45) is -0.408. The highest BCUT2D eigenvalue weighted by atomic mass is 16.7. The maximum absolute atomic E-state index is 11.4. The molecule has 0 aliphatic heterocycles. The number of hydrogen-bond acceptors (Lipinski definition) is 6. The number of oxime groups is 1. The molecular formula is C12H21N3O5. The first kappa shape index (κ1) is 16.2. The second-order valence-electron chi connectivity index (χ2n) is 5.60. The largest absolute Gasteiger partial charge is 0.444 e. The number of amidine groups is 1. The van der Waals surface area contributed by atoms with Crippen LogP contribution in [0.4, 0.5) is 4.79 Å². The third-order valence-electron chi connectivity index (χ3n) is 2.35. The van der Waals surface area contributed by atoms with Crippen LogP contribution in [-0.4, -0.2) is 41.3 Å². The molecule has 1 atom stereocenters. The Balaban J connectivity index is 2.27. The Morgan fingerprint density at radius 2 is 2.05 bits per heavy atom. The zero-order valence-corrected chi connectivity index (χ0v) is 11.9. The molecule has 8 heteroatoms. The lowest BCUT2D eigenvalue weighted by Gasteiger charge is -2.20. The molecule has 0 bridgehead atoms. The van der Waals surface area contributed by atoms with E-state index in [1.54, 1.807) is 20.8 Å². The lowest BCUT2D eigenvalue weighted by Crippen LogP contribution is -2.40. The minimum atomic E-state index is -1.53. The number of aliphatic hydroxyl groups excluding tert-OH is 1. The Hall–Kier alpha value is -1.83. The summed E-state index contributed by atoms with van der Waals surface area (Å²) in [4.78, 5) is 27.1. The van der Waals surface area contributed by atoms with Gasteiger partial charge < -0.3 is 25.7 Å². The minimum absolute atomic E-state index is 0.167. The van der Waals surface area contributed by atoms with Gasteiger partial charge in [-0.1, -0.05) is 5.16 Å². The van der Waals surface area contributed by atoms with E-state index in [1.165, 1.54) is 0 Å². The van der Waals surface area contributed by atoms with Crippen molar-refractivity contribution in [3.05, 3.63) is 0 Å². The lowest BCUT2D eigenvalue weighted by atomic mass is 10.2. The second-order valence-corrected chi connectivity index (χ2v) is 5.60. The molecule has 114 valence electrons. The van der Waals surface area contributed by atoms with E-state index < -0.39 is 23.8 Å². The number of carbonyl (C=O) groups is 2. The number of nitrogens with zero attached hydrogens (tertiary/aromatic N) is 1. The van der Waals surface area contributed by atoms with Gasteiger partial charge in [-0.25, -0.2) is 9.59 Å². The molecule has 8 nitrogen and oxygen atoms in total. The van der Waals surface area contributed by atoms with Gasteiger partial charge in [-0.2, -0.15) is 0 Å². The molecule has 1 aliphatic rings. The average Bonchev–Trinajstić information content (AvgIpc) is 3.14. The zero-order chi connectivity index (χ0) is 15.3. The van der Waals surface area contributed by atoms with Gasteiger partial charge in [0.25, 0.3) is 0 Å². The molecular weight excluding hydrogens is 266 g/mol. The highest BCUT2D eigenvalue weighted by molar-refractivity contribution is 5.85. The Morgan fingerprint density at radius 1 is 1.45 bits per heavy atom. The van der Waals surface area contributed by atoms with Crippen molar-refractivity contribution in [1.82, 2.24) is 5.32 Å². The van der Waals surface area contributed by atoms with E-state index in [4.69, 9.17) is 10.5 Å². The van der Waals surface area contributed by atoms with E-state index >= 15 is 0 Å². The summed E-state index contributed by atoms with van der Waals surface area (Å²) in [7, 11) is 0. The quantitative estimate of drug-likeness (QED) is 0.285. The third kappa shape index (κ3) is 6.37. The molecule has 1 saturated carbocycles. The van der Waals surface area contributed by atoms with Crippen LogP contribution in [0.15, 0.2) is 5.16 Å². The van der Waals surface area contributed by atoms with Crippen molar-refractivity contribution in [2.45, 2.75) is 45.3 Å². The number of hydrogen-bond donors (Lipinski definition) is 3. The smallest absolute Gasteiger partial charge is 0.407 e. The Labute approximate surface area is 117 Å². The number of nitrogens with two attached hydrogens (primary N) is 1. The van der Waals surface area contributed by atoms with E-state index in [9.17, 15) is 14.7 Å². The molecule has 20 heavy (non-hydrogen) atoms. The Kier molecular flexibility index (Phi) is 5.32. The van der Waals surface area contributed by atoms with Gasteiger partial charge in [0.15, 0.2) is 6.10 Å². The first-order valence-electron chi connectivity index (χ1n) is 6.38. The fourth-order valence-corrected chi connectivity index (χ4v) is 1.19. The van der Waals surface area contributed by atoms with Crippen molar-refractivity contribution in [2.75, 3.05) is 6.54 Å². The van der Waals surface area contributed by atoms with Crippen LogP contribution in [0, 0.1) is 5.92 Å². The molecule has 0 spiro atoms. The van der Waals surface area contributed by atoms with Gasteiger partial charge in [-0.3, -0.25) is 0 Å². The van der Waals surface area contributed by atoms with E-state index in [-0.39, 0.29) is 18.3 Å². The van der Waals surface area contributed by atoms with Crippen molar-refractivity contribution in [3.63, 3.8) is 0 Å². The van der Waals surface area contributed by atoms with Crippen LogP contribution in [-0.2, 0) is 14.4 Å². The predicted molar refractivity (Wildman–Crippen MR) is 70.7 cm³/mol. The summed E-state index contributed by atoms with van der Waals surface area (Å²) in [5.41, 5.74) is 4.87.